The Balaban J connectivity index is 1.88. The van der Waals surface area contributed by atoms with Gasteiger partial charge in [-0.2, -0.15) is 5.10 Å². The molecule has 104 valence electrons. The van der Waals surface area contributed by atoms with E-state index in [4.69, 9.17) is 11.6 Å². The van der Waals surface area contributed by atoms with Gasteiger partial charge in [0.2, 0.25) is 0 Å². The van der Waals surface area contributed by atoms with Gasteiger partial charge in [0.1, 0.15) is 12.7 Å². The van der Waals surface area contributed by atoms with E-state index >= 15 is 0 Å². The molecule has 1 heterocycles. The van der Waals surface area contributed by atoms with E-state index in [9.17, 15) is 4.79 Å². The van der Waals surface area contributed by atoms with Crippen LogP contribution in [0.25, 0.3) is 5.69 Å². The summed E-state index contributed by atoms with van der Waals surface area (Å²) in [6.07, 6.45) is 3.02. The van der Waals surface area contributed by atoms with E-state index in [0.717, 1.165) is 5.69 Å². The molecule has 0 saturated carbocycles. The van der Waals surface area contributed by atoms with Crippen molar-refractivity contribution in [3.8, 4) is 5.69 Å². The largest absolute Gasteiger partial charge is 0.320 e. The van der Waals surface area contributed by atoms with Crippen molar-refractivity contribution < 1.29 is 4.79 Å². The summed E-state index contributed by atoms with van der Waals surface area (Å²) in [5.41, 5.74) is 1.94. The fourth-order valence-electron chi connectivity index (χ4n) is 1.91. The van der Waals surface area contributed by atoms with Gasteiger partial charge < -0.3 is 5.32 Å². The van der Waals surface area contributed by atoms with Gasteiger partial charge in [-0.1, -0.05) is 23.7 Å². The first-order valence-corrected chi connectivity index (χ1v) is 6.63. The Morgan fingerprint density at radius 3 is 2.57 bits per heavy atom. The Labute approximate surface area is 126 Å². The van der Waals surface area contributed by atoms with E-state index in [1.807, 2.05) is 24.3 Å². The highest BCUT2D eigenvalue weighted by Gasteiger charge is 2.10. The van der Waals surface area contributed by atoms with Crippen molar-refractivity contribution in [1.29, 1.82) is 0 Å². The predicted molar refractivity (Wildman–Crippen MR) is 80.8 cm³/mol. The van der Waals surface area contributed by atoms with Crippen LogP contribution in [0.3, 0.4) is 0 Å². The summed E-state index contributed by atoms with van der Waals surface area (Å²) in [6, 6.07) is 14.1. The van der Waals surface area contributed by atoms with Gasteiger partial charge in [0.25, 0.3) is 5.91 Å². The van der Waals surface area contributed by atoms with Crippen LogP contribution in [0, 0.1) is 0 Å². The van der Waals surface area contributed by atoms with Crippen LogP contribution >= 0.6 is 11.6 Å². The maximum atomic E-state index is 12.2. The number of carbonyl (C=O) groups excluding carboxylic acids is 1. The molecule has 0 saturated heterocycles. The molecule has 1 N–H and O–H groups in total. The summed E-state index contributed by atoms with van der Waals surface area (Å²) in [5, 5.41) is 7.53. The monoisotopic (exact) mass is 298 g/mol. The smallest absolute Gasteiger partial charge is 0.255 e. The van der Waals surface area contributed by atoms with Gasteiger partial charge in [-0.15, -0.1) is 0 Å². The molecule has 0 aliphatic heterocycles. The molecule has 2 aromatic carbocycles. The first-order chi connectivity index (χ1) is 10.2. The summed E-state index contributed by atoms with van der Waals surface area (Å²) in [7, 11) is 0. The number of aromatic nitrogens is 3. The molecular formula is C15H11ClN4O. The molecule has 5 nitrogen and oxygen atoms in total. The molecule has 0 fully saturated rings. The zero-order valence-electron chi connectivity index (χ0n) is 10.9. The molecule has 0 spiro atoms. The summed E-state index contributed by atoms with van der Waals surface area (Å²) in [6.45, 7) is 0. The van der Waals surface area contributed by atoms with E-state index in [0.29, 0.717) is 16.3 Å². The van der Waals surface area contributed by atoms with E-state index in [2.05, 4.69) is 15.4 Å². The van der Waals surface area contributed by atoms with Gasteiger partial charge >= 0.3 is 0 Å². The average Bonchev–Trinajstić information content (AvgIpc) is 3.02. The Morgan fingerprint density at radius 1 is 1.10 bits per heavy atom. The van der Waals surface area contributed by atoms with Gasteiger partial charge in [-0.25, -0.2) is 9.67 Å². The SMILES string of the molecule is O=C(Nc1ccccc1-n1cncn1)c1ccc(Cl)cc1. The van der Waals surface area contributed by atoms with Crippen LogP contribution in [0.4, 0.5) is 5.69 Å². The van der Waals surface area contributed by atoms with Gasteiger partial charge in [0.05, 0.1) is 11.4 Å². The highest BCUT2D eigenvalue weighted by Crippen LogP contribution is 2.20. The Morgan fingerprint density at radius 2 is 1.86 bits per heavy atom. The molecule has 1 amide bonds. The Kier molecular flexibility index (Phi) is 3.66. The second-order valence-corrected chi connectivity index (χ2v) is 4.75. The lowest BCUT2D eigenvalue weighted by Crippen LogP contribution is -2.13. The molecule has 0 radical (unpaired) electrons. The van der Waals surface area contributed by atoms with Crippen molar-refractivity contribution in [2.24, 2.45) is 0 Å². The van der Waals surface area contributed by atoms with Gasteiger partial charge in [-0.3, -0.25) is 4.79 Å². The highest BCUT2D eigenvalue weighted by atomic mass is 35.5. The third-order valence-corrected chi connectivity index (χ3v) is 3.18. The molecule has 0 aliphatic rings. The highest BCUT2D eigenvalue weighted by molar-refractivity contribution is 6.30. The fraction of sp³-hybridized carbons (Fsp3) is 0. The summed E-state index contributed by atoms with van der Waals surface area (Å²) < 4.78 is 1.59. The van der Waals surface area contributed by atoms with E-state index in [1.54, 1.807) is 35.3 Å². The number of amides is 1. The van der Waals surface area contributed by atoms with Crippen molar-refractivity contribution in [2.75, 3.05) is 5.32 Å². The number of anilines is 1. The van der Waals surface area contributed by atoms with Crippen molar-refractivity contribution >= 4 is 23.2 Å². The number of carbonyl (C=O) groups is 1. The van der Waals surface area contributed by atoms with Crippen LogP contribution in [0.1, 0.15) is 10.4 Å². The maximum Gasteiger partial charge on any atom is 0.255 e. The second-order valence-electron chi connectivity index (χ2n) is 4.32. The second kappa shape index (κ2) is 5.76. The van der Waals surface area contributed by atoms with Gasteiger partial charge in [-0.05, 0) is 36.4 Å². The minimum absolute atomic E-state index is 0.209. The molecule has 1 aromatic heterocycles. The van der Waals surface area contributed by atoms with Crippen LogP contribution in [-0.2, 0) is 0 Å². The first-order valence-electron chi connectivity index (χ1n) is 6.25. The lowest BCUT2D eigenvalue weighted by atomic mass is 10.2. The zero-order chi connectivity index (χ0) is 14.7. The van der Waals surface area contributed by atoms with E-state index in [-0.39, 0.29) is 5.91 Å². The molecule has 0 unspecified atom stereocenters. The number of nitrogens with one attached hydrogen (secondary N) is 1. The number of benzene rings is 2. The Hall–Kier alpha value is -2.66. The molecule has 3 aromatic rings. The lowest BCUT2D eigenvalue weighted by molar-refractivity contribution is 0.102. The summed E-state index contributed by atoms with van der Waals surface area (Å²) in [5.74, 6) is -0.209. The predicted octanol–water partition coefficient (Wildman–Crippen LogP) is 3.17. The van der Waals surface area contributed by atoms with Crippen molar-refractivity contribution in [1.82, 2.24) is 14.8 Å². The zero-order valence-corrected chi connectivity index (χ0v) is 11.7. The van der Waals surface area contributed by atoms with Crippen LogP contribution in [0.2, 0.25) is 5.02 Å². The average molecular weight is 299 g/mol. The number of para-hydroxylation sites is 2. The number of rotatable bonds is 3. The van der Waals surface area contributed by atoms with Crippen LogP contribution < -0.4 is 5.32 Å². The maximum absolute atomic E-state index is 12.2. The first kappa shape index (κ1) is 13.3. The quantitative estimate of drug-likeness (QED) is 0.808. The number of halogens is 1. The third kappa shape index (κ3) is 2.93. The molecule has 0 bridgehead atoms. The van der Waals surface area contributed by atoms with Crippen LogP contribution in [-0.4, -0.2) is 20.7 Å². The Bertz CT molecular complexity index is 754. The fourth-order valence-corrected chi connectivity index (χ4v) is 2.03. The minimum atomic E-state index is -0.209. The normalized spacial score (nSPS) is 10.3. The van der Waals surface area contributed by atoms with Crippen molar-refractivity contribution in [2.45, 2.75) is 0 Å². The molecule has 3 rings (SSSR count). The third-order valence-electron chi connectivity index (χ3n) is 2.92. The molecule has 0 aliphatic carbocycles. The van der Waals surface area contributed by atoms with Gasteiger partial charge in [0, 0.05) is 10.6 Å². The molecule has 21 heavy (non-hydrogen) atoms. The molecule has 6 heteroatoms. The number of hydrogen-bond acceptors (Lipinski definition) is 3. The van der Waals surface area contributed by atoms with Crippen molar-refractivity contribution in [3.63, 3.8) is 0 Å². The van der Waals surface area contributed by atoms with Crippen LogP contribution in [0.15, 0.2) is 61.2 Å². The molecule has 0 atom stereocenters. The number of nitrogens with zero attached hydrogens (tertiary/aromatic N) is 3. The standard InChI is InChI=1S/C15H11ClN4O/c16-12-7-5-11(6-8-12)15(21)19-13-3-1-2-4-14(13)20-10-17-9-18-20/h1-10H,(H,19,21). The van der Waals surface area contributed by atoms with Crippen LogP contribution in [0.5, 0.6) is 0 Å². The summed E-state index contributed by atoms with van der Waals surface area (Å²) in [4.78, 5) is 16.2. The number of hydrogen-bond donors (Lipinski definition) is 1. The van der Waals surface area contributed by atoms with Crippen molar-refractivity contribution in [3.05, 3.63) is 71.8 Å². The minimum Gasteiger partial charge on any atom is -0.320 e. The molecular weight excluding hydrogens is 288 g/mol. The van der Waals surface area contributed by atoms with E-state index in [1.165, 1.54) is 6.33 Å². The van der Waals surface area contributed by atoms with E-state index < -0.39 is 0 Å². The van der Waals surface area contributed by atoms with Gasteiger partial charge in [0.15, 0.2) is 0 Å². The lowest BCUT2D eigenvalue weighted by Gasteiger charge is -2.10. The summed E-state index contributed by atoms with van der Waals surface area (Å²) >= 11 is 5.82. The topological polar surface area (TPSA) is 59.8 Å².